The van der Waals surface area contributed by atoms with Gasteiger partial charge in [0.2, 0.25) is 11.9 Å². The Morgan fingerprint density at radius 3 is 2.42 bits per heavy atom. The molecular formula is C34H50FN5O8. The first-order valence-corrected chi connectivity index (χ1v) is 16.9. The van der Waals surface area contributed by atoms with E-state index in [4.69, 9.17) is 14.6 Å². The van der Waals surface area contributed by atoms with E-state index in [0.717, 1.165) is 43.0 Å². The lowest BCUT2D eigenvalue weighted by Gasteiger charge is -2.39. The molecule has 14 heteroatoms. The van der Waals surface area contributed by atoms with Crippen molar-refractivity contribution in [3.8, 4) is 0 Å². The highest BCUT2D eigenvalue weighted by molar-refractivity contribution is 5.79. The summed E-state index contributed by atoms with van der Waals surface area (Å²) in [6.45, 7) is 4.08. The number of hydrogen-bond acceptors (Lipinski definition) is 12. The fraction of sp³-hybridized carbons (Fsp3) is 0.676. The SMILES string of the molecule is COCc1cnc(N2CCC([C@H]3C[C@H]3COCc3ccc(CC(=O)N4CC(CNC[C@H](O)[C@@H](O)[C@H](O)[C@H](O)CO)C4)c(F)c3)CC2)nc1. The number of anilines is 1. The summed E-state index contributed by atoms with van der Waals surface area (Å²) in [6.07, 6.45) is 0.832. The molecular weight excluding hydrogens is 625 g/mol. The van der Waals surface area contributed by atoms with Crippen LogP contribution in [0.4, 0.5) is 10.3 Å². The Morgan fingerprint density at radius 1 is 1.04 bits per heavy atom. The van der Waals surface area contributed by atoms with Gasteiger partial charge < -0.3 is 50.1 Å². The second-order valence-corrected chi connectivity index (χ2v) is 13.5. The third-order valence-corrected chi connectivity index (χ3v) is 9.89. The van der Waals surface area contributed by atoms with E-state index in [0.29, 0.717) is 62.8 Å². The van der Waals surface area contributed by atoms with E-state index in [1.54, 1.807) is 18.1 Å². The number of carbonyl (C=O) groups excluding carboxylic acids is 1. The molecule has 1 amide bonds. The number of nitrogens with zero attached hydrogens (tertiary/aromatic N) is 4. The van der Waals surface area contributed by atoms with Crippen molar-refractivity contribution in [2.75, 3.05) is 64.5 Å². The summed E-state index contributed by atoms with van der Waals surface area (Å²) < 4.78 is 26.0. The first-order valence-electron chi connectivity index (χ1n) is 16.9. The van der Waals surface area contributed by atoms with E-state index >= 15 is 0 Å². The number of benzene rings is 1. The van der Waals surface area contributed by atoms with Crippen LogP contribution in [-0.4, -0.2) is 130 Å². The molecule has 1 aliphatic carbocycles. The molecule has 2 saturated heterocycles. The summed E-state index contributed by atoms with van der Waals surface area (Å²) in [5.74, 6) is 2.22. The maximum absolute atomic E-state index is 14.9. The van der Waals surface area contributed by atoms with Crippen molar-refractivity contribution in [3.63, 3.8) is 0 Å². The quantitative estimate of drug-likeness (QED) is 0.123. The molecule has 0 bridgehead atoms. The predicted molar refractivity (Wildman–Crippen MR) is 173 cm³/mol. The minimum absolute atomic E-state index is 0.0308. The Morgan fingerprint density at radius 2 is 1.75 bits per heavy atom. The first kappa shape index (κ1) is 36.5. The molecule has 13 nitrogen and oxygen atoms in total. The summed E-state index contributed by atoms with van der Waals surface area (Å²) >= 11 is 0. The number of hydrogen-bond donors (Lipinski definition) is 6. The van der Waals surface area contributed by atoms with Gasteiger partial charge in [-0.15, -0.1) is 0 Å². The topological polar surface area (TPSA) is 181 Å². The molecule has 0 spiro atoms. The molecule has 6 N–H and O–H groups in total. The van der Waals surface area contributed by atoms with Crippen molar-refractivity contribution >= 4 is 11.9 Å². The Hall–Kier alpha value is -2.82. The molecule has 1 aromatic carbocycles. The van der Waals surface area contributed by atoms with Gasteiger partial charge in [-0.2, -0.15) is 0 Å². The van der Waals surface area contributed by atoms with E-state index in [9.17, 15) is 29.6 Å². The fourth-order valence-electron chi connectivity index (χ4n) is 6.77. The van der Waals surface area contributed by atoms with Crippen molar-refractivity contribution in [1.29, 1.82) is 0 Å². The van der Waals surface area contributed by atoms with Crippen molar-refractivity contribution in [2.24, 2.45) is 23.7 Å². The summed E-state index contributed by atoms with van der Waals surface area (Å²) in [5, 5.41) is 50.8. The Labute approximate surface area is 280 Å². The standard InChI is InChI=1S/C34H50FN5O8/c1-47-18-22-12-37-34(38-13-22)39-6-4-24(5-7-39)27-9-26(27)20-48-19-21-2-3-25(28(35)8-21)10-31(44)40-15-23(16-40)11-36-14-29(42)32(45)33(46)30(43)17-41/h2-3,8,12-13,23-24,26-27,29-30,32-33,36,41-43,45-46H,4-7,9-11,14-20H2,1H3/t26-,27+,29-,30+,32+,33+/m0/s1. The van der Waals surface area contributed by atoms with Crippen LogP contribution in [0.1, 0.15) is 36.0 Å². The van der Waals surface area contributed by atoms with Crippen LogP contribution < -0.4 is 10.2 Å². The van der Waals surface area contributed by atoms with Crippen molar-refractivity contribution in [2.45, 2.75) is 63.3 Å². The molecule has 0 unspecified atom stereocenters. The van der Waals surface area contributed by atoms with Gasteiger partial charge >= 0.3 is 0 Å². The lowest BCUT2D eigenvalue weighted by Crippen LogP contribution is -2.55. The number of aromatic nitrogens is 2. The number of piperidine rings is 1. The molecule has 5 rings (SSSR count). The zero-order valence-corrected chi connectivity index (χ0v) is 27.5. The molecule has 6 atom stereocenters. The molecule has 0 radical (unpaired) electrons. The number of carbonyl (C=O) groups is 1. The van der Waals surface area contributed by atoms with E-state index in [2.05, 4.69) is 20.2 Å². The number of aliphatic hydroxyl groups is 5. The van der Waals surface area contributed by atoms with Gasteiger partial charge in [-0.3, -0.25) is 4.79 Å². The zero-order valence-electron chi connectivity index (χ0n) is 27.5. The fourth-order valence-corrected chi connectivity index (χ4v) is 6.77. The van der Waals surface area contributed by atoms with Crippen LogP contribution in [0.3, 0.4) is 0 Å². The van der Waals surface area contributed by atoms with Crippen LogP contribution in [0.2, 0.25) is 0 Å². The third-order valence-electron chi connectivity index (χ3n) is 9.89. The molecule has 2 aliphatic heterocycles. The van der Waals surface area contributed by atoms with Crippen LogP contribution in [0, 0.1) is 29.5 Å². The Bertz CT molecular complexity index is 1310. The number of ether oxygens (including phenoxy) is 2. The monoisotopic (exact) mass is 675 g/mol. The van der Waals surface area contributed by atoms with E-state index < -0.39 is 36.8 Å². The second kappa shape index (κ2) is 17.2. The van der Waals surface area contributed by atoms with E-state index in [-0.39, 0.29) is 24.8 Å². The largest absolute Gasteiger partial charge is 0.394 e. The lowest BCUT2D eigenvalue weighted by atomic mass is 9.91. The van der Waals surface area contributed by atoms with Crippen LogP contribution in [0.25, 0.3) is 0 Å². The van der Waals surface area contributed by atoms with Gasteiger partial charge in [0.25, 0.3) is 0 Å². The van der Waals surface area contributed by atoms with Gasteiger partial charge in [-0.25, -0.2) is 14.4 Å². The molecule has 1 aromatic heterocycles. The minimum atomic E-state index is -1.67. The van der Waals surface area contributed by atoms with Crippen molar-refractivity contribution in [3.05, 3.63) is 53.1 Å². The lowest BCUT2D eigenvalue weighted by molar-refractivity contribution is -0.136. The number of halogens is 1. The number of nitrogens with one attached hydrogen (secondary N) is 1. The van der Waals surface area contributed by atoms with Gasteiger partial charge in [-0.1, -0.05) is 12.1 Å². The minimum Gasteiger partial charge on any atom is -0.394 e. The number of aliphatic hydroxyl groups excluding tert-OH is 5. The Balaban J connectivity index is 0.940. The average Bonchev–Trinajstić information content (AvgIpc) is 3.85. The summed E-state index contributed by atoms with van der Waals surface area (Å²) in [4.78, 5) is 25.6. The second-order valence-electron chi connectivity index (χ2n) is 13.5. The van der Waals surface area contributed by atoms with Crippen LogP contribution in [0.15, 0.2) is 30.6 Å². The molecule has 48 heavy (non-hydrogen) atoms. The van der Waals surface area contributed by atoms with Crippen LogP contribution in [-0.2, 0) is 33.9 Å². The van der Waals surface area contributed by atoms with Crippen LogP contribution >= 0.6 is 0 Å². The van der Waals surface area contributed by atoms with E-state index in [1.807, 2.05) is 18.5 Å². The zero-order chi connectivity index (χ0) is 34.2. The van der Waals surface area contributed by atoms with Gasteiger partial charge in [-0.05, 0) is 54.2 Å². The first-order chi connectivity index (χ1) is 23.2. The third kappa shape index (κ3) is 9.66. The smallest absolute Gasteiger partial charge is 0.227 e. The Kier molecular flexibility index (Phi) is 13.1. The highest BCUT2D eigenvalue weighted by Crippen LogP contribution is 2.48. The molecule has 1 saturated carbocycles. The molecule has 2 aromatic rings. The van der Waals surface area contributed by atoms with Crippen molar-refractivity contribution < 1.29 is 44.2 Å². The number of likely N-dealkylation sites (tertiary alicyclic amines) is 1. The summed E-state index contributed by atoms with van der Waals surface area (Å²) in [7, 11) is 1.66. The predicted octanol–water partition coefficient (Wildman–Crippen LogP) is -0.142. The molecule has 266 valence electrons. The average molecular weight is 676 g/mol. The van der Waals surface area contributed by atoms with Crippen molar-refractivity contribution in [1.82, 2.24) is 20.2 Å². The van der Waals surface area contributed by atoms with Gasteiger partial charge in [0.05, 0.1) is 39.0 Å². The molecule has 3 fully saturated rings. The normalized spacial score (nSPS) is 22.6. The van der Waals surface area contributed by atoms with E-state index in [1.165, 1.54) is 12.5 Å². The molecule has 3 heterocycles. The molecule has 3 aliphatic rings. The summed E-state index contributed by atoms with van der Waals surface area (Å²) in [6, 6.07) is 4.92. The van der Waals surface area contributed by atoms with Gasteiger partial charge in [0.1, 0.15) is 24.1 Å². The summed E-state index contributed by atoms with van der Waals surface area (Å²) in [5.41, 5.74) is 2.05. The van der Waals surface area contributed by atoms with Gasteiger partial charge in [0, 0.05) is 70.3 Å². The maximum Gasteiger partial charge on any atom is 0.227 e. The highest BCUT2D eigenvalue weighted by atomic mass is 19.1. The number of rotatable bonds is 18. The number of amides is 1. The highest BCUT2D eigenvalue weighted by Gasteiger charge is 2.43. The van der Waals surface area contributed by atoms with Gasteiger partial charge in [0.15, 0.2) is 0 Å². The maximum atomic E-state index is 14.9. The number of methoxy groups -OCH3 is 1. The van der Waals surface area contributed by atoms with Crippen LogP contribution in [0.5, 0.6) is 0 Å².